The fourth-order valence-corrected chi connectivity index (χ4v) is 4.53. The van der Waals surface area contributed by atoms with Crippen LogP contribution in [-0.2, 0) is 0 Å². The van der Waals surface area contributed by atoms with E-state index in [1.165, 1.54) is 0 Å². The molecule has 170 valence electrons. The lowest BCUT2D eigenvalue weighted by atomic mass is 9.97. The van der Waals surface area contributed by atoms with Gasteiger partial charge in [0.2, 0.25) is 11.8 Å². The standard InChI is InChI=1S/C32H20N2O2/c1-3-16-29-27(14-1)33-31(35-29)25-12-6-10-23(19-25)21-8-5-9-22(18-21)24-11-7-13-26(20-24)32-34-28-15-2-4-17-30(28)36-32/h1-20H. The largest absolute Gasteiger partial charge is 0.436 e. The van der Waals surface area contributed by atoms with E-state index in [1.807, 2.05) is 72.8 Å². The molecule has 4 nitrogen and oxygen atoms in total. The third kappa shape index (κ3) is 3.65. The minimum atomic E-state index is 0.625. The molecule has 7 rings (SSSR count). The number of hydrogen-bond donors (Lipinski definition) is 0. The second kappa shape index (κ2) is 8.36. The molecule has 7 aromatic rings. The van der Waals surface area contributed by atoms with Gasteiger partial charge < -0.3 is 8.83 Å². The second-order valence-electron chi connectivity index (χ2n) is 8.72. The zero-order valence-corrected chi connectivity index (χ0v) is 19.3. The molecule has 0 aliphatic carbocycles. The van der Waals surface area contributed by atoms with Crippen LogP contribution >= 0.6 is 0 Å². The minimum Gasteiger partial charge on any atom is -0.436 e. The summed E-state index contributed by atoms with van der Waals surface area (Å²) in [5.74, 6) is 1.25. The Morgan fingerprint density at radius 1 is 0.361 bits per heavy atom. The van der Waals surface area contributed by atoms with Crippen LogP contribution in [0.3, 0.4) is 0 Å². The van der Waals surface area contributed by atoms with Crippen LogP contribution in [0.1, 0.15) is 0 Å². The first-order valence-corrected chi connectivity index (χ1v) is 11.8. The van der Waals surface area contributed by atoms with Gasteiger partial charge in [-0.3, -0.25) is 0 Å². The van der Waals surface area contributed by atoms with Crippen LogP contribution in [0, 0.1) is 0 Å². The first-order chi connectivity index (χ1) is 17.8. The van der Waals surface area contributed by atoms with Crippen LogP contribution in [0.15, 0.2) is 130 Å². The number of hydrogen-bond acceptors (Lipinski definition) is 4. The van der Waals surface area contributed by atoms with E-state index in [0.29, 0.717) is 11.8 Å². The van der Waals surface area contributed by atoms with Crippen molar-refractivity contribution in [1.82, 2.24) is 9.97 Å². The number of oxazole rings is 2. The highest BCUT2D eigenvalue weighted by Crippen LogP contribution is 2.32. The molecule has 0 N–H and O–H groups in total. The van der Waals surface area contributed by atoms with Gasteiger partial charge in [-0.25, -0.2) is 9.97 Å². The SMILES string of the molecule is c1cc(-c2cccc(-c3nc4ccccc4o3)c2)cc(-c2cccc(-c3nc4ccccc4o3)c2)c1. The van der Waals surface area contributed by atoms with Crippen molar-refractivity contribution in [2.24, 2.45) is 0 Å². The van der Waals surface area contributed by atoms with Crippen LogP contribution in [0.4, 0.5) is 0 Å². The number of rotatable bonds is 4. The van der Waals surface area contributed by atoms with Crippen LogP contribution in [0.2, 0.25) is 0 Å². The molecule has 0 unspecified atom stereocenters. The molecular weight excluding hydrogens is 444 g/mol. The Balaban J connectivity index is 1.24. The van der Waals surface area contributed by atoms with Gasteiger partial charge in [0.15, 0.2) is 11.2 Å². The van der Waals surface area contributed by atoms with Crippen molar-refractivity contribution in [3.63, 3.8) is 0 Å². The molecule has 0 spiro atoms. The van der Waals surface area contributed by atoms with Gasteiger partial charge in [0.25, 0.3) is 0 Å². The lowest BCUT2D eigenvalue weighted by molar-refractivity contribution is 0.619. The fourth-order valence-electron chi connectivity index (χ4n) is 4.53. The normalized spacial score (nSPS) is 11.3. The summed E-state index contributed by atoms with van der Waals surface area (Å²) < 4.78 is 12.0. The summed E-state index contributed by atoms with van der Waals surface area (Å²) in [5.41, 5.74) is 9.66. The zero-order chi connectivity index (χ0) is 23.9. The molecule has 0 saturated carbocycles. The van der Waals surface area contributed by atoms with Gasteiger partial charge in [0.1, 0.15) is 11.0 Å². The van der Waals surface area contributed by atoms with Crippen molar-refractivity contribution in [2.45, 2.75) is 0 Å². The van der Waals surface area contributed by atoms with Gasteiger partial charge in [0, 0.05) is 11.1 Å². The highest BCUT2D eigenvalue weighted by molar-refractivity contribution is 5.81. The van der Waals surface area contributed by atoms with E-state index in [4.69, 9.17) is 8.83 Å². The van der Waals surface area contributed by atoms with Crippen LogP contribution in [0.5, 0.6) is 0 Å². The van der Waals surface area contributed by atoms with Crippen molar-refractivity contribution in [2.75, 3.05) is 0 Å². The van der Waals surface area contributed by atoms with E-state index < -0.39 is 0 Å². The Morgan fingerprint density at radius 3 is 1.14 bits per heavy atom. The maximum absolute atomic E-state index is 5.99. The smallest absolute Gasteiger partial charge is 0.227 e. The van der Waals surface area contributed by atoms with Crippen LogP contribution in [0.25, 0.3) is 67.4 Å². The highest BCUT2D eigenvalue weighted by atomic mass is 16.4. The van der Waals surface area contributed by atoms with E-state index in [9.17, 15) is 0 Å². The molecule has 0 amide bonds. The molecule has 36 heavy (non-hydrogen) atoms. The number of nitrogens with zero attached hydrogens (tertiary/aromatic N) is 2. The topological polar surface area (TPSA) is 52.1 Å². The summed E-state index contributed by atoms with van der Waals surface area (Å²) in [6.45, 7) is 0. The van der Waals surface area contributed by atoms with Gasteiger partial charge in [-0.2, -0.15) is 0 Å². The van der Waals surface area contributed by atoms with Crippen molar-refractivity contribution < 1.29 is 8.83 Å². The van der Waals surface area contributed by atoms with Gasteiger partial charge >= 0.3 is 0 Å². The van der Waals surface area contributed by atoms with Crippen molar-refractivity contribution in [3.05, 3.63) is 121 Å². The van der Waals surface area contributed by atoms with E-state index in [-0.39, 0.29) is 0 Å². The Hall–Kier alpha value is -4.96. The summed E-state index contributed by atoms with van der Waals surface area (Å²) in [6.07, 6.45) is 0. The summed E-state index contributed by atoms with van der Waals surface area (Å²) in [5, 5.41) is 0. The Kier molecular flexibility index (Phi) is 4.74. The van der Waals surface area contributed by atoms with Crippen molar-refractivity contribution in [3.8, 4) is 45.2 Å². The van der Waals surface area contributed by atoms with E-state index in [1.54, 1.807) is 0 Å². The van der Waals surface area contributed by atoms with E-state index in [0.717, 1.165) is 55.6 Å². The molecule has 0 radical (unpaired) electrons. The number of fused-ring (bicyclic) bond motifs is 2. The minimum absolute atomic E-state index is 0.625. The number of para-hydroxylation sites is 4. The molecule has 0 aliphatic heterocycles. The number of benzene rings is 5. The van der Waals surface area contributed by atoms with Crippen LogP contribution in [-0.4, -0.2) is 9.97 Å². The third-order valence-electron chi connectivity index (χ3n) is 6.34. The van der Waals surface area contributed by atoms with Crippen molar-refractivity contribution in [1.29, 1.82) is 0 Å². The molecule has 2 aromatic heterocycles. The summed E-state index contributed by atoms with van der Waals surface area (Å²) in [7, 11) is 0. The summed E-state index contributed by atoms with van der Waals surface area (Å²) in [4.78, 5) is 9.31. The van der Waals surface area contributed by atoms with Gasteiger partial charge in [-0.1, -0.05) is 66.7 Å². The Labute approximate surface area is 207 Å². The predicted octanol–water partition coefficient (Wildman–Crippen LogP) is 8.64. The van der Waals surface area contributed by atoms with Gasteiger partial charge in [-0.15, -0.1) is 0 Å². The van der Waals surface area contributed by atoms with E-state index >= 15 is 0 Å². The maximum Gasteiger partial charge on any atom is 0.227 e. The maximum atomic E-state index is 5.99. The molecular formula is C32H20N2O2. The molecule has 0 atom stereocenters. The predicted molar refractivity (Wildman–Crippen MR) is 143 cm³/mol. The molecule has 4 heteroatoms. The van der Waals surface area contributed by atoms with Crippen LogP contribution < -0.4 is 0 Å². The third-order valence-corrected chi connectivity index (χ3v) is 6.34. The lowest BCUT2D eigenvalue weighted by Gasteiger charge is -2.08. The summed E-state index contributed by atoms with van der Waals surface area (Å²) >= 11 is 0. The molecule has 5 aromatic carbocycles. The highest BCUT2D eigenvalue weighted by Gasteiger charge is 2.11. The lowest BCUT2D eigenvalue weighted by Crippen LogP contribution is -1.85. The number of aromatic nitrogens is 2. The molecule has 0 saturated heterocycles. The zero-order valence-electron chi connectivity index (χ0n) is 19.3. The van der Waals surface area contributed by atoms with Gasteiger partial charge in [-0.05, 0) is 76.9 Å². The molecule has 0 fully saturated rings. The molecule has 2 heterocycles. The summed E-state index contributed by atoms with van der Waals surface area (Å²) in [6, 6.07) is 40.8. The molecule has 0 aliphatic rings. The molecule has 0 bridgehead atoms. The monoisotopic (exact) mass is 464 g/mol. The first-order valence-electron chi connectivity index (χ1n) is 11.8. The second-order valence-corrected chi connectivity index (χ2v) is 8.72. The van der Waals surface area contributed by atoms with Gasteiger partial charge in [0.05, 0.1) is 0 Å². The Bertz CT molecular complexity index is 1660. The quantitative estimate of drug-likeness (QED) is 0.262. The average Bonchev–Trinajstić information content (AvgIpc) is 3.58. The first kappa shape index (κ1) is 20.4. The van der Waals surface area contributed by atoms with Crippen molar-refractivity contribution >= 4 is 22.2 Å². The average molecular weight is 465 g/mol. The fraction of sp³-hybridized carbons (Fsp3) is 0. The van der Waals surface area contributed by atoms with E-state index in [2.05, 4.69) is 58.5 Å². The Morgan fingerprint density at radius 2 is 0.722 bits per heavy atom.